The van der Waals surface area contributed by atoms with E-state index in [-0.39, 0.29) is 31.6 Å². The summed E-state index contributed by atoms with van der Waals surface area (Å²) in [6.07, 6.45) is 0.0324. The van der Waals surface area contributed by atoms with Crippen LogP contribution < -0.4 is 10.6 Å². The highest BCUT2D eigenvalue weighted by Gasteiger charge is 2.37. The van der Waals surface area contributed by atoms with Crippen LogP contribution in [0.3, 0.4) is 0 Å². The number of hydrogen-bond donors (Lipinski definition) is 3. The monoisotopic (exact) mass is 354 g/mol. The van der Waals surface area contributed by atoms with E-state index in [4.69, 9.17) is 20.9 Å². The number of hydrogen-bond acceptors (Lipinski definition) is 7. The molecule has 0 radical (unpaired) electrons. The van der Waals surface area contributed by atoms with E-state index in [0.29, 0.717) is 11.1 Å². The molecular formula is C15H18N2O8. The minimum Gasteiger partial charge on any atom is -0.483 e. The van der Waals surface area contributed by atoms with Crippen LogP contribution in [-0.2, 0) is 25.7 Å². The van der Waals surface area contributed by atoms with Crippen molar-refractivity contribution in [1.82, 2.24) is 4.90 Å². The molecule has 10 heteroatoms. The van der Waals surface area contributed by atoms with Crippen LogP contribution in [0.2, 0.25) is 0 Å². The molecule has 0 saturated carbocycles. The molecule has 2 rings (SSSR count). The Balaban J connectivity index is 0.000000970. The summed E-state index contributed by atoms with van der Waals surface area (Å²) in [5.41, 5.74) is 6.15. The highest BCUT2D eigenvalue weighted by molar-refractivity contribution is 6.01. The molecule has 25 heavy (non-hydrogen) atoms. The molecule has 10 nitrogen and oxygen atoms in total. The molecule has 1 unspecified atom stereocenters. The third-order valence-corrected chi connectivity index (χ3v) is 3.61. The van der Waals surface area contributed by atoms with E-state index in [1.165, 1.54) is 18.1 Å². The van der Waals surface area contributed by atoms with E-state index < -0.39 is 23.8 Å². The molecule has 1 aliphatic rings. The van der Waals surface area contributed by atoms with Crippen LogP contribution in [0.15, 0.2) is 18.2 Å². The summed E-state index contributed by atoms with van der Waals surface area (Å²) < 4.78 is 4.52. The van der Waals surface area contributed by atoms with Gasteiger partial charge in [0, 0.05) is 17.5 Å². The van der Waals surface area contributed by atoms with Crippen LogP contribution in [0.4, 0.5) is 0 Å². The zero-order chi connectivity index (χ0) is 19.0. The second kappa shape index (κ2) is 9.23. The molecular weight excluding hydrogens is 336 g/mol. The van der Waals surface area contributed by atoms with Crippen molar-refractivity contribution >= 4 is 24.3 Å². The lowest BCUT2D eigenvalue weighted by Gasteiger charge is -2.24. The fraction of sp³-hybridized carbons (Fsp3) is 0.333. The quantitative estimate of drug-likeness (QED) is 0.279. The van der Waals surface area contributed by atoms with Crippen molar-refractivity contribution in [3.05, 3.63) is 29.3 Å². The topological polar surface area (TPSA) is 156 Å². The smallest absolute Gasteiger partial charge is 0.305 e. The fourth-order valence-electron chi connectivity index (χ4n) is 2.47. The summed E-state index contributed by atoms with van der Waals surface area (Å²) >= 11 is 0. The standard InChI is InChI=1S/C14H16N2O6.CH2O2/c1-21-12(17)6-5-10(13(15)18)16-7-9-8(14(16)19)3-2-4-11(9)22-20;2-1-3/h2-4,10,20H,5-7H2,1H3,(H2,15,18);1H,(H,2,3). The van der Waals surface area contributed by atoms with Crippen LogP contribution in [0, 0.1) is 0 Å². The number of carbonyl (C=O) groups is 4. The Morgan fingerprint density at radius 1 is 1.44 bits per heavy atom. The largest absolute Gasteiger partial charge is 0.483 e. The first-order valence-electron chi connectivity index (χ1n) is 7.09. The minimum atomic E-state index is -0.939. The van der Waals surface area contributed by atoms with Gasteiger partial charge in [-0.25, -0.2) is 5.26 Å². The summed E-state index contributed by atoms with van der Waals surface area (Å²) in [5.74, 6) is -1.46. The second-order valence-corrected chi connectivity index (χ2v) is 4.94. The summed E-state index contributed by atoms with van der Waals surface area (Å²) in [5, 5.41) is 15.7. The highest BCUT2D eigenvalue weighted by Crippen LogP contribution is 2.32. The Labute approximate surface area is 142 Å². The van der Waals surface area contributed by atoms with Crippen molar-refractivity contribution < 1.29 is 39.2 Å². The first kappa shape index (κ1) is 19.9. The molecule has 0 aliphatic carbocycles. The predicted molar refractivity (Wildman–Crippen MR) is 82.5 cm³/mol. The van der Waals surface area contributed by atoms with Gasteiger partial charge in [-0.1, -0.05) is 6.07 Å². The van der Waals surface area contributed by atoms with Crippen molar-refractivity contribution in [1.29, 1.82) is 0 Å². The van der Waals surface area contributed by atoms with Crippen LogP contribution in [0.5, 0.6) is 5.75 Å². The first-order chi connectivity index (χ1) is 11.9. The van der Waals surface area contributed by atoms with E-state index in [1.54, 1.807) is 12.1 Å². The average molecular weight is 354 g/mol. The molecule has 1 atom stereocenters. The van der Waals surface area contributed by atoms with Gasteiger partial charge in [0.2, 0.25) is 5.91 Å². The fourth-order valence-corrected chi connectivity index (χ4v) is 2.47. The second-order valence-electron chi connectivity index (χ2n) is 4.94. The van der Waals surface area contributed by atoms with Gasteiger partial charge < -0.3 is 25.4 Å². The van der Waals surface area contributed by atoms with Crippen molar-refractivity contribution in [3.63, 3.8) is 0 Å². The van der Waals surface area contributed by atoms with Crippen molar-refractivity contribution in [3.8, 4) is 5.75 Å². The van der Waals surface area contributed by atoms with Crippen molar-refractivity contribution in [2.45, 2.75) is 25.4 Å². The third kappa shape index (κ3) is 4.67. The maximum Gasteiger partial charge on any atom is 0.305 e. The molecule has 1 heterocycles. The van der Waals surface area contributed by atoms with E-state index in [1.807, 2.05) is 0 Å². The Hall–Kier alpha value is -3.14. The average Bonchev–Trinajstić information content (AvgIpc) is 2.92. The molecule has 0 fully saturated rings. The SMILES string of the molecule is COC(=O)CCC(C(N)=O)N1Cc2c(OO)cccc2C1=O.O=CO. The van der Waals surface area contributed by atoms with Crippen LogP contribution in [-0.4, -0.2) is 52.7 Å². The van der Waals surface area contributed by atoms with Gasteiger partial charge in [-0.15, -0.1) is 0 Å². The minimum absolute atomic E-state index is 0.0341. The number of fused-ring (bicyclic) bond motifs is 1. The normalized spacial score (nSPS) is 13.2. The molecule has 0 spiro atoms. The molecule has 4 N–H and O–H groups in total. The van der Waals surface area contributed by atoms with Crippen LogP contribution in [0.25, 0.3) is 0 Å². The zero-order valence-electron chi connectivity index (χ0n) is 13.4. The first-order valence-corrected chi connectivity index (χ1v) is 7.09. The van der Waals surface area contributed by atoms with Crippen molar-refractivity contribution in [2.75, 3.05) is 7.11 Å². The van der Waals surface area contributed by atoms with E-state index >= 15 is 0 Å². The Kier molecular flexibility index (Phi) is 7.35. The Morgan fingerprint density at radius 3 is 2.60 bits per heavy atom. The number of carboxylic acid groups (broad SMARTS) is 1. The zero-order valence-corrected chi connectivity index (χ0v) is 13.4. The molecule has 0 aromatic heterocycles. The molecule has 1 aromatic rings. The maximum atomic E-state index is 12.4. The molecule has 2 amide bonds. The highest BCUT2D eigenvalue weighted by atomic mass is 17.1. The third-order valence-electron chi connectivity index (χ3n) is 3.61. The van der Waals surface area contributed by atoms with Gasteiger partial charge >= 0.3 is 5.97 Å². The molecule has 1 aliphatic heterocycles. The summed E-state index contributed by atoms with van der Waals surface area (Å²) in [6, 6.07) is 3.69. The number of ether oxygens (including phenoxy) is 1. The number of nitrogens with two attached hydrogens (primary N) is 1. The summed E-state index contributed by atoms with van der Waals surface area (Å²) in [4.78, 5) is 49.1. The van der Waals surface area contributed by atoms with Crippen LogP contribution in [0.1, 0.15) is 28.8 Å². The van der Waals surface area contributed by atoms with Gasteiger partial charge in [0.15, 0.2) is 5.75 Å². The number of methoxy groups -OCH3 is 1. The molecule has 0 saturated heterocycles. The van der Waals surface area contributed by atoms with E-state index in [9.17, 15) is 14.4 Å². The van der Waals surface area contributed by atoms with Gasteiger partial charge in [-0.05, 0) is 18.6 Å². The Morgan fingerprint density at radius 2 is 2.08 bits per heavy atom. The van der Waals surface area contributed by atoms with E-state index in [0.717, 1.165) is 0 Å². The number of amides is 2. The van der Waals surface area contributed by atoms with E-state index in [2.05, 4.69) is 9.62 Å². The Bertz CT molecular complexity index is 661. The summed E-state index contributed by atoms with van der Waals surface area (Å²) in [7, 11) is 1.24. The molecule has 1 aromatic carbocycles. The lowest BCUT2D eigenvalue weighted by atomic mass is 10.1. The predicted octanol–water partition coefficient (Wildman–Crippen LogP) is 0.00210. The van der Waals surface area contributed by atoms with Gasteiger partial charge in [0.05, 0.1) is 13.7 Å². The number of esters is 1. The summed E-state index contributed by atoms with van der Waals surface area (Å²) in [6.45, 7) is -0.181. The molecule has 0 bridgehead atoms. The van der Waals surface area contributed by atoms with Gasteiger partial charge in [-0.3, -0.25) is 19.2 Å². The number of rotatable bonds is 6. The van der Waals surface area contributed by atoms with Gasteiger partial charge in [0.1, 0.15) is 6.04 Å². The van der Waals surface area contributed by atoms with Crippen molar-refractivity contribution in [2.24, 2.45) is 5.73 Å². The van der Waals surface area contributed by atoms with Crippen LogP contribution >= 0.6 is 0 Å². The number of carbonyl (C=O) groups excluding carboxylic acids is 3. The maximum absolute atomic E-state index is 12.4. The number of nitrogens with zero attached hydrogens (tertiary/aromatic N) is 1. The lowest BCUT2D eigenvalue weighted by molar-refractivity contribution is -0.141. The molecule has 136 valence electrons. The number of benzene rings is 1. The number of primary amides is 1. The van der Waals surface area contributed by atoms with Gasteiger partial charge in [0.25, 0.3) is 12.4 Å². The van der Waals surface area contributed by atoms with Gasteiger partial charge in [-0.2, -0.15) is 0 Å². The lowest BCUT2D eigenvalue weighted by Crippen LogP contribution is -2.45.